The molecule has 4 heteroatoms. The fourth-order valence-corrected chi connectivity index (χ4v) is 1.68. The molecule has 0 radical (unpaired) electrons. The van der Waals surface area contributed by atoms with Gasteiger partial charge in [-0.1, -0.05) is 12.1 Å². The SMILES string of the molecule is CC(C)(C)NC(CO)C(O)c1ccc(O)cc1. The number of aromatic hydroxyl groups is 1. The van der Waals surface area contributed by atoms with Crippen molar-refractivity contribution in [1.29, 1.82) is 0 Å². The van der Waals surface area contributed by atoms with Gasteiger partial charge in [0, 0.05) is 5.54 Å². The molecule has 0 heterocycles. The number of hydrogen-bond acceptors (Lipinski definition) is 4. The van der Waals surface area contributed by atoms with Gasteiger partial charge in [0.25, 0.3) is 0 Å². The summed E-state index contributed by atoms with van der Waals surface area (Å²) in [7, 11) is 0. The number of benzene rings is 1. The van der Waals surface area contributed by atoms with Gasteiger partial charge in [0.1, 0.15) is 5.75 Å². The molecule has 2 unspecified atom stereocenters. The lowest BCUT2D eigenvalue weighted by molar-refractivity contribution is 0.0758. The summed E-state index contributed by atoms with van der Waals surface area (Å²) in [5.74, 6) is 0.158. The van der Waals surface area contributed by atoms with Gasteiger partial charge in [0.05, 0.1) is 18.8 Å². The van der Waals surface area contributed by atoms with Crippen LogP contribution in [0.5, 0.6) is 5.75 Å². The van der Waals surface area contributed by atoms with Crippen LogP contribution in [0.3, 0.4) is 0 Å². The molecule has 0 bridgehead atoms. The molecule has 0 aliphatic rings. The molecule has 17 heavy (non-hydrogen) atoms. The molecule has 4 N–H and O–H groups in total. The molecule has 96 valence electrons. The molecule has 0 saturated heterocycles. The Hall–Kier alpha value is -1.10. The molecule has 2 atom stereocenters. The fourth-order valence-electron chi connectivity index (χ4n) is 1.68. The summed E-state index contributed by atoms with van der Waals surface area (Å²) in [6.07, 6.45) is -0.806. The van der Waals surface area contributed by atoms with Gasteiger partial charge in [-0.15, -0.1) is 0 Å². The number of phenolic OH excluding ortho intramolecular Hbond substituents is 1. The molecule has 0 aliphatic carbocycles. The Kier molecular flexibility index (Phi) is 4.51. The second kappa shape index (κ2) is 5.49. The zero-order valence-electron chi connectivity index (χ0n) is 10.5. The standard InChI is InChI=1S/C13H21NO3/c1-13(2,3)14-11(8-15)12(17)9-4-6-10(16)7-5-9/h4-7,11-12,14-17H,8H2,1-3H3. The average Bonchev–Trinajstić information content (AvgIpc) is 2.25. The Labute approximate surface area is 102 Å². The van der Waals surface area contributed by atoms with Crippen LogP contribution < -0.4 is 5.32 Å². The highest BCUT2D eigenvalue weighted by Gasteiger charge is 2.24. The molecular weight excluding hydrogens is 218 g/mol. The summed E-state index contributed by atoms with van der Waals surface area (Å²) in [6, 6.07) is 5.90. The minimum atomic E-state index is -0.806. The maximum absolute atomic E-state index is 10.1. The van der Waals surface area contributed by atoms with Crippen molar-refractivity contribution < 1.29 is 15.3 Å². The van der Waals surface area contributed by atoms with E-state index in [9.17, 15) is 15.3 Å². The number of rotatable bonds is 4. The van der Waals surface area contributed by atoms with Crippen LogP contribution in [-0.2, 0) is 0 Å². The summed E-state index contributed by atoms with van der Waals surface area (Å²) in [4.78, 5) is 0. The topological polar surface area (TPSA) is 72.7 Å². The van der Waals surface area contributed by atoms with E-state index in [4.69, 9.17) is 0 Å². The highest BCUT2D eigenvalue weighted by molar-refractivity contribution is 5.28. The Bertz CT molecular complexity index is 343. The first kappa shape index (κ1) is 14.0. The molecule has 4 nitrogen and oxygen atoms in total. The van der Waals surface area contributed by atoms with Gasteiger partial charge in [0.15, 0.2) is 0 Å². The van der Waals surface area contributed by atoms with Gasteiger partial charge in [-0.05, 0) is 38.5 Å². The predicted octanol–water partition coefficient (Wildman–Crippen LogP) is 1.17. The number of nitrogens with one attached hydrogen (secondary N) is 1. The summed E-state index contributed by atoms with van der Waals surface area (Å²) >= 11 is 0. The third kappa shape index (κ3) is 4.34. The molecule has 0 saturated carbocycles. The van der Waals surface area contributed by atoms with Crippen molar-refractivity contribution in [2.75, 3.05) is 6.61 Å². The van der Waals surface area contributed by atoms with E-state index in [1.165, 1.54) is 12.1 Å². The van der Waals surface area contributed by atoms with E-state index >= 15 is 0 Å². The van der Waals surface area contributed by atoms with E-state index in [0.29, 0.717) is 5.56 Å². The third-order valence-corrected chi connectivity index (χ3v) is 2.43. The maximum atomic E-state index is 10.1. The molecule has 0 aliphatic heterocycles. The first-order chi connectivity index (χ1) is 7.83. The van der Waals surface area contributed by atoms with Crippen LogP contribution in [0.2, 0.25) is 0 Å². The van der Waals surface area contributed by atoms with Crippen molar-refractivity contribution in [3.8, 4) is 5.75 Å². The lowest BCUT2D eigenvalue weighted by atomic mass is 9.99. The van der Waals surface area contributed by atoms with Crippen molar-refractivity contribution >= 4 is 0 Å². The maximum Gasteiger partial charge on any atom is 0.115 e. The molecule has 0 aromatic heterocycles. The molecule has 1 aromatic carbocycles. The number of hydrogen-bond donors (Lipinski definition) is 4. The van der Waals surface area contributed by atoms with Crippen molar-refractivity contribution in [2.24, 2.45) is 0 Å². The Balaban J connectivity index is 2.78. The molecular formula is C13H21NO3. The van der Waals surface area contributed by atoms with Crippen molar-refractivity contribution in [1.82, 2.24) is 5.32 Å². The first-order valence-corrected chi connectivity index (χ1v) is 5.69. The van der Waals surface area contributed by atoms with Gasteiger partial charge in [-0.2, -0.15) is 0 Å². The largest absolute Gasteiger partial charge is 0.508 e. The van der Waals surface area contributed by atoms with Crippen molar-refractivity contribution in [3.05, 3.63) is 29.8 Å². The van der Waals surface area contributed by atoms with Crippen LogP contribution in [0.4, 0.5) is 0 Å². The Morgan fingerprint density at radius 2 is 1.71 bits per heavy atom. The van der Waals surface area contributed by atoms with E-state index in [2.05, 4.69) is 5.32 Å². The minimum Gasteiger partial charge on any atom is -0.508 e. The minimum absolute atomic E-state index is 0.153. The lowest BCUT2D eigenvalue weighted by Crippen LogP contribution is -2.48. The summed E-state index contributed by atoms with van der Waals surface area (Å²) in [5.41, 5.74) is 0.476. The number of aliphatic hydroxyl groups is 2. The normalized spacial score (nSPS) is 15.6. The summed E-state index contributed by atoms with van der Waals surface area (Å²) in [6.45, 7) is 5.76. The molecule has 0 fully saturated rings. The molecule has 1 rings (SSSR count). The first-order valence-electron chi connectivity index (χ1n) is 5.69. The predicted molar refractivity (Wildman–Crippen MR) is 66.8 cm³/mol. The fraction of sp³-hybridized carbons (Fsp3) is 0.538. The van der Waals surface area contributed by atoms with Crippen molar-refractivity contribution in [3.63, 3.8) is 0 Å². The van der Waals surface area contributed by atoms with E-state index in [0.717, 1.165) is 0 Å². The van der Waals surface area contributed by atoms with Gasteiger partial charge >= 0.3 is 0 Å². The van der Waals surface area contributed by atoms with Crippen LogP contribution in [0, 0.1) is 0 Å². The molecule has 0 amide bonds. The van der Waals surface area contributed by atoms with Crippen LogP contribution in [-0.4, -0.2) is 33.5 Å². The van der Waals surface area contributed by atoms with Gasteiger partial charge in [-0.3, -0.25) is 0 Å². The van der Waals surface area contributed by atoms with E-state index in [-0.39, 0.29) is 17.9 Å². The van der Waals surface area contributed by atoms with E-state index in [1.54, 1.807) is 12.1 Å². The molecule has 1 aromatic rings. The zero-order valence-corrected chi connectivity index (χ0v) is 10.5. The van der Waals surface area contributed by atoms with Crippen molar-refractivity contribution in [2.45, 2.75) is 38.5 Å². The van der Waals surface area contributed by atoms with Gasteiger partial charge < -0.3 is 20.6 Å². The Morgan fingerprint density at radius 3 is 2.12 bits per heavy atom. The quantitative estimate of drug-likeness (QED) is 0.636. The molecule has 0 spiro atoms. The van der Waals surface area contributed by atoms with E-state index < -0.39 is 12.1 Å². The van der Waals surface area contributed by atoms with Crippen LogP contribution in [0.15, 0.2) is 24.3 Å². The second-order valence-corrected chi connectivity index (χ2v) is 5.22. The Morgan fingerprint density at radius 1 is 1.18 bits per heavy atom. The van der Waals surface area contributed by atoms with Crippen LogP contribution in [0.25, 0.3) is 0 Å². The van der Waals surface area contributed by atoms with Crippen LogP contribution >= 0.6 is 0 Å². The zero-order chi connectivity index (χ0) is 13.1. The summed E-state index contributed by atoms with van der Waals surface area (Å²) in [5, 5.41) is 31.8. The number of phenols is 1. The van der Waals surface area contributed by atoms with Crippen LogP contribution in [0.1, 0.15) is 32.4 Å². The average molecular weight is 239 g/mol. The lowest BCUT2D eigenvalue weighted by Gasteiger charge is -2.30. The van der Waals surface area contributed by atoms with Gasteiger partial charge in [0.2, 0.25) is 0 Å². The monoisotopic (exact) mass is 239 g/mol. The second-order valence-electron chi connectivity index (χ2n) is 5.22. The smallest absolute Gasteiger partial charge is 0.115 e. The summed E-state index contributed by atoms with van der Waals surface area (Å²) < 4.78 is 0. The number of aliphatic hydroxyl groups excluding tert-OH is 2. The van der Waals surface area contributed by atoms with E-state index in [1.807, 2.05) is 20.8 Å². The van der Waals surface area contributed by atoms with Gasteiger partial charge in [-0.25, -0.2) is 0 Å². The highest BCUT2D eigenvalue weighted by atomic mass is 16.3. The third-order valence-electron chi connectivity index (χ3n) is 2.43. The highest BCUT2D eigenvalue weighted by Crippen LogP contribution is 2.21.